The molecule has 0 bridgehead atoms. The third-order valence-corrected chi connectivity index (χ3v) is 5.31. The van der Waals surface area contributed by atoms with Gasteiger partial charge in [0, 0.05) is 16.3 Å². The first-order valence-electron chi connectivity index (χ1n) is 6.92. The molecule has 0 amide bonds. The first kappa shape index (κ1) is 15.0. The van der Waals surface area contributed by atoms with Crippen LogP contribution in [-0.4, -0.2) is 30.7 Å². The van der Waals surface area contributed by atoms with E-state index >= 15 is 0 Å². The predicted octanol–water partition coefficient (Wildman–Crippen LogP) is 3.76. The first-order chi connectivity index (χ1) is 9.24. The summed E-state index contributed by atoms with van der Waals surface area (Å²) in [5.41, 5.74) is 1.20. The molecule has 1 fully saturated rings. The zero-order chi connectivity index (χ0) is 13.7. The van der Waals surface area contributed by atoms with Crippen LogP contribution in [0.3, 0.4) is 0 Å². The molecule has 0 saturated carbocycles. The van der Waals surface area contributed by atoms with Gasteiger partial charge in [-0.15, -0.1) is 0 Å². The molecule has 2 atom stereocenters. The Morgan fingerprint density at radius 1 is 1.53 bits per heavy atom. The normalized spacial score (nSPS) is 20.5. The Morgan fingerprint density at radius 2 is 2.37 bits per heavy atom. The third kappa shape index (κ3) is 4.04. The van der Waals surface area contributed by atoms with Crippen molar-refractivity contribution in [1.82, 2.24) is 5.32 Å². The zero-order valence-electron chi connectivity index (χ0n) is 11.6. The van der Waals surface area contributed by atoms with Crippen LogP contribution in [0.1, 0.15) is 25.3 Å². The number of rotatable bonds is 6. The molecule has 19 heavy (non-hydrogen) atoms. The summed E-state index contributed by atoms with van der Waals surface area (Å²) in [7, 11) is 1.72. The van der Waals surface area contributed by atoms with Crippen molar-refractivity contribution in [1.29, 1.82) is 0 Å². The van der Waals surface area contributed by atoms with E-state index in [2.05, 4.69) is 24.0 Å². The summed E-state index contributed by atoms with van der Waals surface area (Å²) in [6.45, 7) is 3.17. The third-order valence-electron chi connectivity index (χ3n) is 3.56. The average molecular weight is 300 g/mol. The van der Waals surface area contributed by atoms with Gasteiger partial charge in [0.1, 0.15) is 5.75 Å². The largest absolute Gasteiger partial charge is 0.496 e. The maximum Gasteiger partial charge on any atom is 0.122 e. The van der Waals surface area contributed by atoms with Crippen LogP contribution in [0.4, 0.5) is 0 Å². The van der Waals surface area contributed by atoms with Gasteiger partial charge in [-0.2, -0.15) is 11.8 Å². The van der Waals surface area contributed by atoms with Gasteiger partial charge in [0.15, 0.2) is 0 Å². The summed E-state index contributed by atoms with van der Waals surface area (Å²) < 4.78 is 5.45. The molecule has 1 aliphatic heterocycles. The van der Waals surface area contributed by atoms with Crippen molar-refractivity contribution in [3.05, 3.63) is 28.8 Å². The summed E-state index contributed by atoms with van der Waals surface area (Å²) >= 11 is 8.20. The fourth-order valence-electron chi connectivity index (χ4n) is 2.66. The van der Waals surface area contributed by atoms with Crippen molar-refractivity contribution >= 4 is 23.4 Å². The molecule has 1 aliphatic rings. The van der Waals surface area contributed by atoms with Gasteiger partial charge >= 0.3 is 0 Å². The van der Waals surface area contributed by atoms with Crippen molar-refractivity contribution in [3.8, 4) is 5.75 Å². The fourth-order valence-corrected chi connectivity index (χ4v) is 4.25. The Labute approximate surface area is 125 Å². The van der Waals surface area contributed by atoms with Crippen LogP contribution < -0.4 is 10.1 Å². The van der Waals surface area contributed by atoms with E-state index in [9.17, 15) is 0 Å². The molecule has 0 spiro atoms. The molecule has 1 saturated heterocycles. The molecule has 1 aromatic carbocycles. The molecule has 4 heteroatoms. The number of benzene rings is 1. The van der Waals surface area contributed by atoms with Crippen molar-refractivity contribution < 1.29 is 4.74 Å². The fraction of sp³-hybridized carbons (Fsp3) is 0.600. The summed E-state index contributed by atoms with van der Waals surface area (Å²) in [6, 6.07) is 6.38. The molecule has 106 valence electrons. The molecule has 0 radical (unpaired) electrons. The summed E-state index contributed by atoms with van der Waals surface area (Å²) in [5, 5.41) is 5.12. The molecular weight excluding hydrogens is 278 g/mol. The second kappa shape index (κ2) is 7.41. The van der Waals surface area contributed by atoms with Crippen molar-refractivity contribution in [2.75, 3.05) is 19.4 Å². The van der Waals surface area contributed by atoms with Gasteiger partial charge < -0.3 is 10.1 Å². The van der Waals surface area contributed by atoms with Gasteiger partial charge in [-0.25, -0.2) is 0 Å². The number of methoxy groups -OCH3 is 1. The number of nitrogens with one attached hydrogen (secondary N) is 1. The molecule has 1 aromatic rings. The van der Waals surface area contributed by atoms with E-state index in [-0.39, 0.29) is 0 Å². The van der Waals surface area contributed by atoms with E-state index in [4.69, 9.17) is 16.3 Å². The van der Waals surface area contributed by atoms with Crippen LogP contribution in [0.2, 0.25) is 5.02 Å². The highest BCUT2D eigenvalue weighted by Gasteiger charge is 2.26. The standard InChI is InChI=1S/C15H22ClNOS/c1-3-17-13(15-5-4-8-19-15)10-11-9-12(16)6-7-14(11)18-2/h6-7,9,13,15,17H,3-5,8,10H2,1-2H3. The molecular formula is C15H22ClNOS. The Kier molecular flexibility index (Phi) is 5.86. The Bertz CT molecular complexity index is 407. The highest BCUT2D eigenvalue weighted by Crippen LogP contribution is 2.32. The molecule has 2 nitrogen and oxygen atoms in total. The minimum absolute atomic E-state index is 0.505. The van der Waals surface area contributed by atoms with Gasteiger partial charge in [-0.1, -0.05) is 18.5 Å². The number of likely N-dealkylation sites (N-methyl/N-ethyl adjacent to an activating group) is 1. The molecule has 0 aromatic heterocycles. The Hall–Kier alpha value is -0.380. The van der Waals surface area contributed by atoms with Crippen LogP contribution >= 0.6 is 23.4 Å². The number of hydrogen-bond donors (Lipinski definition) is 1. The van der Waals surface area contributed by atoms with E-state index < -0.39 is 0 Å². The topological polar surface area (TPSA) is 21.3 Å². The van der Waals surface area contributed by atoms with Gasteiger partial charge in [0.2, 0.25) is 0 Å². The maximum atomic E-state index is 6.11. The lowest BCUT2D eigenvalue weighted by atomic mass is 10.00. The van der Waals surface area contributed by atoms with E-state index in [1.54, 1.807) is 7.11 Å². The number of ether oxygens (including phenoxy) is 1. The van der Waals surface area contributed by atoms with Crippen molar-refractivity contribution in [2.24, 2.45) is 0 Å². The molecule has 2 rings (SSSR count). The summed E-state index contributed by atoms with van der Waals surface area (Å²) in [4.78, 5) is 0. The van der Waals surface area contributed by atoms with Crippen molar-refractivity contribution in [3.63, 3.8) is 0 Å². The lowest BCUT2D eigenvalue weighted by Gasteiger charge is -2.24. The predicted molar refractivity (Wildman–Crippen MR) is 84.7 cm³/mol. The van der Waals surface area contributed by atoms with Crippen LogP contribution in [0.5, 0.6) is 5.75 Å². The van der Waals surface area contributed by atoms with Crippen LogP contribution in [0, 0.1) is 0 Å². The molecule has 2 unspecified atom stereocenters. The number of thioether (sulfide) groups is 1. The first-order valence-corrected chi connectivity index (χ1v) is 8.34. The second-order valence-electron chi connectivity index (χ2n) is 4.88. The van der Waals surface area contributed by atoms with Gasteiger partial charge in [-0.05, 0) is 55.3 Å². The minimum atomic E-state index is 0.505. The zero-order valence-corrected chi connectivity index (χ0v) is 13.2. The van der Waals surface area contributed by atoms with E-state index in [0.29, 0.717) is 11.3 Å². The van der Waals surface area contributed by atoms with Gasteiger partial charge in [0.05, 0.1) is 7.11 Å². The highest BCUT2D eigenvalue weighted by molar-refractivity contribution is 8.00. The number of hydrogen-bond acceptors (Lipinski definition) is 3. The monoisotopic (exact) mass is 299 g/mol. The molecule has 1 N–H and O–H groups in total. The minimum Gasteiger partial charge on any atom is -0.496 e. The number of halogens is 1. The SMILES string of the molecule is CCNC(Cc1cc(Cl)ccc1OC)C1CCCS1. The van der Waals surface area contributed by atoms with Gasteiger partial charge in [-0.3, -0.25) is 0 Å². The molecule has 0 aliphatic carbocycles. The molecule has 1 heterocycles. The average Bonchev–Trinajstić information content (AvgIpc) is 2.92. The van der Waals surface area contributed by atoms with Crippen LogP contribution in [-0.2, 0) is 6.42 Å². The van der Waals surface area contributed by atoms with Crippen LogP contribution in [0.25, 0.3) is 0 Å². The van der Waals surface area contributed by atoms with Gasteiger partial charge in [0.25, 0.3) is 0 Å². The smallest absolute Gasteiger partial charge is 0.122 e. The van der Waals surface area contributed by atoms with Crippen LogP contribution in [0.15, 0.2) is 18.2 Å². The Balaban J connectivity index is 2.13. The quantitative estimate of drug-likeness (QED) is 0.864. The summed E-state index contributed by atoms with van der Waals surface area (Å²) in [5.74, 6) is 2.23. The van der Waals surface area contributed by atoms with E-state index in [0.717, 1.165) is 23.7 Å². The van der Waals surface area contributed by atoms with E-state index in [1.165, 1.54) is 24.2 Å². The Morgan fingerprint density at radius 3 is 3.00 bits per heavy atom. The van der Waals surface area contributed by atoms with Crippen molar-refractivity contribution in [2.45, 2.75) is 37.5 Å². The second-order valence-corrected chi connectivity index (χ2v) is 6.66. The maximum absolute atomic E-state index is 6.11. The summed E-state index contributed by atoms with van der Waals surface area (Å²) in [6.07, 6.45) is 3.63. The lowest BCUT2D eigenvalue weighted by molar-refractivity contribution is 0.403. The lowest BCUT2D eigenvalue weighted by Crippen LogP contribution is -2.39. The highest BCUT2D eigenvalue weighted by atomic mass is 35.5. The van der Waals surface area contributed by atoms with E-state index in [1.807, 2.05) is 18.2 Å².